The maximum absolute atomic E-state index is 12.8. The molecule has 1 N–H and O–H groups in total. The molecule has 0 radical (unpaired) electrons. The Kier molecular flexibility index (Phi) is 3.82. The summed E-state index contributed by atoms with van der Waals surface area (Å²) < 4.78 is 24.4. The predicted octanol–water partition coefficient (Wildman–Crippen LogP) is 2.06. The lowest BCUT2D eigenvalue weighted by Crippen LogP contribution is -2.21. The van der Waals surface area contributed by atoms with Crippen molar-refractivity contribution in [3.63, 3.8) is 0 Å². The van der Waals surface area contributed by atoms with Crippen molar-refractivity contribution in [2.75, 3.05) is 0 Å². The second-order valence-corrected chi connectivity index (χ2v) is 5.03. The molecule has 0 spiro atoms. The van der Waals surface area contributed by atoms with Gasteiger partial charge in [0.25, 0.3) is 0 Å². The van der Waals surface area contributed by atoms with Crippen molar-refractivity contribution in [1.29, 1.82) is 0 Å². The molecule has 1 aromatic rings. The van der Waals surface area contributed by atoms with Crippen LogP contribution >= 0.6 is 11.6 Å². The highest BCUT2D eigenvalue weighted by Gasteiger charge is 2.21. The zero-order valence-electron chi connectivity index (χ0n) is 7.74. The number of halogens is 2. The molecular formula is C9H8ClFO3S. The number of hydrogen-bond donors (Lipinski definition) is 1. The van der Waals surface area contributed by atoms with Gasteiger partial charge in [0.2, 0.25) is 0 Å². The van der Waals surface area contributed by atoms with Crippen molar-refractivity contribution < 1.29 is 18.5 Å². The predicted molar refractivity (Wildman–Crippen MR) is 54.9 cm³/mol. The van der Waals surface area contributed by atoms with Crippen LogP contribution in [-0.4, -0.2) is 20.5 Å². The highest BCUT2D eigenvalue weighted by molar-refractivity contribution is 7.86. The Bertz CT molecular complexity index is 422. The van der Waals surface area contributed by atoms with Crippen LogP contribution in [0.3, 0.4) is 0 Å². The first kappa shape index (κ1) is 12.1. The monoisotopic (exact) mass is 250 g/mol. The zero-order valence-corrected chi connectivity index (χ0v) is 9.31. The summed E-state index contributed by atoms with van der Waals surface area (Å²) in [5.74, 6) is -1.80. The second kappa shape index (κ2) is 4.72. The first-order valence-electron chi connectivity index (χ1n) is 4.02. The highest BCUT2D eigenvalue weighted by Crippen LogP contribution is 2.20. The van der Waals surface area contributed by atoms with E-state index in [4.69, 9.17) is 16.7 Å². The van der Waals surface area contributed by atoms with Crippen molar-refractivity contribution in [2.24, 2.45) is 0 Å². The summed E-state index contributed by atoms with van der Waals surface area (Å²) in [5, 5.41) is 7.42. The van der Waals surface area contributed by atoms with Gasteiger partial charge in [-0.2, -0.15) is 0 Å². The molecule has 15 heavy (non-hydrogen) atoms. The molecule has 0 aliphatic carbocycles. The van der Waals surface area contributed by atoms with Crippen LogP contribution in [0, 0.1) is 5.82 Å². The molecule has 0 saturated carbocycles. The van der Waals surface area contributed by atoms with E-state index in [0.717, 1.165) is 6.07 Å². The lowest BCUT2D eigenvalue weighted by Gasteiger charge is -2.06. The van der Waals surface area contributed by atoms with Gasteiger partial charge in [0.1, 0.15) is 11.1 Å². The first-order valence-corrected chi connectivity index (χ1v) is 5.61. The van der Waals surface area contributed by atoms with Gasteiger partial charge in [-0.25, -0.2) is 4.39 Å². The first-order chi connectivity index (χ1) is 6.93. The molecular weight excluding hydrogens is 243 g/mol. The molecule has 0 bridgehead atoms. The SMILES string of the molecule is CC(C(=O)O)S(=O)c1ccc(F)c(Cl)c1. The molecule has 0 aromatic heterocycles. The number of carboxylic acid groups (broad SMARTS) is 1. The molecule has 0 aliphatic heterocycles. The minimum Gasteiger partial charge on any atom is -0.480 e. The van der Waals surface area contributed by atoms with Gasteiger partial charge in [-0.3, -0.25) is 9.00 Å². The average molecular weight is 251 g/mol. The quantitative estimate of drug-likeness (QED) is 0.893. The molecule has 0 heterocycles. The van der Waals surface area contributed by atoms with Gasteiger partial charge >= 0.3 is 5.97 Å². The second-order valence-electron chi connectivity index (χ2n) is 2.85. The lowest BCUT2D eigenvalue weighted by atomic mass is 10.3. The van der Waals surface area contributed by atoms with Gasteiger partial charge in [-0.15, -0.1) is 0 Å². The van der Waals surface area contributed by atoms with Gasteiger partial charge in [0, 0.05) is 4.90 Å². The van der Waals surface area contributed by atoms with E-state index in [0.29, 0.717) is 0 Å². The summed E-state index contributed by atoms with van der Waals surface area (Å²) in [6, 6.07) is 3.49. The molecule has 2 unspecified atom stereocenters. The summed E-state index contributed by atoms with van der Waals surface area (Å²) in [7, 11) is -1.73. The maximum atomic E-state index is 12.8. The van der Waals surface area contributed by atoms with Crippen LogP contribution in [0.15, 0.2) is 23.1 Å². The molecule has 3 nitrogen and oxygen atoms in total. The number of benzene rings is 1. The van der Waals surface area contributed by atoms with Crippen LogP contribution in [-0.2, 0) is 15.6 Å². The largest absolute Gasteiger partial charge is 0.480 e. The fourth-order valence-corrected chi connectivity index (χ4v) is 2.17. The third kappa shape index (κ3) is 2.76. The van der Waals surface area contributed by atoms with Crippen LogP contribution < -0.4 is 0 Å². The minimum atomic E-state index is -1.73. The Morgan fingerprint density at radius 1 is 1.60 bits per heavy atom. The summed E-state index contributed by atoms with van der Waals surface area (Å²) in [5.41, 5.74) is 0. The molecule has 82 valence electrons. The van der Waals surface area contributed by atoms with E-state index in [1.165, 1.54) is 19.1 Å². The van der Waals surface area contributed by atoms with Gasteiger partial charge in [0.05, 0.1) is 15.8 Å². The third-order valence-corrected chi connectivity index (χ3v) is 3.64. The molecule has 6 heteroatoms. The number of carboxylic acids is 1. The zero-order chi connectivity index (χ0) is 11.6. The Hall–Kier alpha value is -0.940. The molecule has 0 amide bonds. The van der Waals surface area contributed by atoms with Crippen molar-refractivity contribution in [3.05, 3.63) is 29.0 Å². The van der Waals surface area contributed by atoms with Gasteiger partial charge in [0.15, 0.2) is 0 Å². The van der Waals surface area contributed by atoms with Crippen molar-refractivity contribution in [3.8, 4) is 0 Å². The number of aliphatic carboxylic acids is 1. The molecule has 0 fully saturated rings. The summed E-state index contributed by atoms with van der Waals surface area (Å²) >= 11 is 5.49. The summed E-state index contributed by atoms with van der Waals surface area (Å²) in [4.78, 5) is 10.8. The van der Waals surface area contributed by atoms with E-state index in [2.05, 4.69) is 0 Å². The Balaban J connectivity index is 3.02. The normalized spacial score (nSPS) is 14.6. The molecule has 1 aromatic carbocycles. The highest BCUT2D eigenvalue weighted by atomic mass is 35.5. The molecule has 0 saturated heterocycles. The Labute approximate surface area is 93.3 Å². The van der Waals surface area contributed by atoms with Crippen LogP contribution in [0.1, 0.15) is 6.92 Å². The molecule has 0 aliphatic rings. The average Bonchev–Trinajstić information content (AvgIpc) is 2.19. The number of rotatable bonds is 3. The van der Waals surface area contributed by atoms with Gasteiger partial charge < -0.3 is 5.11 Å². The van der Waals surface area contributed by atoms with Crippen molar-refractivity contribution in [1.82, 2.24) is 0 Å². The fraction of sp³-hybridized carbons (Fsp3) is 0.222. The topological polar surface area (TPSA) is 54.4 Å². The van der Waals surface area contributed by atoms with Crippen LogP contribution in [0.4, 0.5) is 4.39 Å². The molecule has 1 rings (SSSR count). The van der Waals surface area contributed by atoms with E-state index in [1.807, 2.05) is 0 Å². The van der Waals surface area contributed by atoms with E-state index in [9.17, 15) is 13.4 Å². The minimum absolute atomic E-state index is 0.168. The van der Waals surface area contributed by atoms with Crippen LogP contribution in [0.5, 0.6) is 0 Å². The number of hydrogen-bond acceptors (Lipinski definition) is 2. The molecule has 2 atom stereocenters. The van der Waals surface area contributed by atoms with Crippen LogP contribution in [0.25, 0.3) is 0 Å². The standard InChI is InChI=1S/C9H8ClFO3S/c1-5(9(12)13)15(14)6-2-3-8(11)7(10)4-6/h2-5H,1H3,(H,12,13). The smallest absolute Gasteiger partial charge is 0.319 e. The Morgan fingerprint density at radius 3 is 2.67 bits per heavy atom. The summed E-state index contributed by atoms with van der Waals surface area (Å²) in [6.07, 6.45) is 0. The van der Waals surface area contributed by atoms with Crippen molar-refractivity contribution >= 4 is 28.4 Å². The van der Waals surface area contributed by atoms with E-state index < -0.39 is 27.8 Å². The van der Waals surface area contributed by atoms with Crippen LogP contribution in [0.2, 0.25) is 5.02 Å². The third-order valence-electron chi connectivity index (χ3n) is 1.79. The summed E-state index contributed by atoms with van der Waals surface area (Å²) in [6.45, 7) is 1.32. The van der Waals surface area contributed by atoms with Crippen molar-refractivity contribution in [2.45, 2.75) is 17.1 Å². The van der Waals surface area contributed by atoms with Gasteiger partial charge in [-0.05, 0) is 25.1 Å². The fourth-order valence-electron chi connectivity index (χ4n) is 0.898. The van der Waals surface area contributed by atoms with E-state index in [-0.39, 0.29) is 9.92 Å². The van der Waals surface area contributed by atoms with E-state index in [1.54, 1.807) is 0 Å². The number of carbonyl (C=O) groups is 1. The lowest BCUT2D eigenvalue weighted by molar-refractivity contribution is -0.136. The van der Waals surface area contributed by atoms with E-state index >= 15 is 0 Å². The van der Waals surface area contributed by atoms with Gasteiger partial charge in [-0.1, -0.05) is 11.6 Å². The Morgan fingerprint density at radius 2 is 2.20 bits per heavy atom. The maximum Gasteiger partial charge on any atom is 0.319 e.